The number of hydrogen-bond acceptors (Lipinski definition) is 7. The van der Waals surface area contributed by atoms with Crippen LogP contribution in [0.1, 0.15) is 42.9 Å². The summed E-state index contributed by atoms with van der Waals surface area (Å²) in [6.45, 7) is 2.53. The minimum Gasteiger partial charge on any atom is -0.355 e. The van der Waals surface area contributed by atoms with Gasteiger partial charge in [0.25, 0.3) is 0 Å². The van der Waals surface area contributed by atoms with E-state index in [1.54, 1.807) is 16.7 Å². The van der Waals surface area contributed by atoms with Crippen LogP contribution in [0.3, 0.4) is 0 Å². The Balaban J connectivity index is 1.07. The fraction of sp³-hybridized carbons (Fsp3) is 0.333. The second-order valence-corrected chi connectivity index (χ2v) is 12.7. The number of nitrogens with two attached hydrogens (primary N) is 1. The average Bonchev–Trinajstić information content (AvgIpc) is 3.74. The third-order valence-electron chi connectivity index (χ3n) is 9.11. The molecule has 202 valence electrons. The number of amides is 1. The number of hydrogen-bond donors (Lipinski definition) is 1. The molecule has 5 aromatic rings. The number of aromatic nitrogens is 4. The van der Waals surface area contributed by atoms with Gasteiger partial charge in [-0.3, -0.25) is 14.2 Å². The zero-order valence-electron chi connectivity index (χ0n) is 21.9. The van der Waals surface area contributed by atoms with Crippen LogP contribution in [0.4, 0.5) is 11.5 Å². The van der Waals surface area contributed by atoms with E-state index in [0.717, 1.165) is 76.9 Å². The molecule has 1 aromatic carbocycles. The minimum absolute atomic E-state index is 0.0382. The number of piperidine rings is 1. The Morgan fingerprint density at radius 2 is 1.93 bits per heavy atom. The van der Waals surface area contributed by atoms with Gasteiger partial charge in [-0.1, -0.05) is 29.4 Å². The van der Waals surface area contributed by atoms with Crippen LogP contribution in [-0.2, 0) is 11.2 Å². The van der Waals surface area contributed by atoms with Crippen molar-refractivity contribution in [2.24, 2.45) is 11.1 Å². The molecule has 4 aromatic heterocycles. The number of halogens is 1. The molecule has 2 fully saturated rings. The molecule has 1 spiro atoms. The molecule has 3 aliphatic rings. The average molecular weight is 570 g/mol. The molecular formula is C30H28ClN7OS. The second-order valence-electron chi connectivity index (χ2n) is 11.2. The summed E-state index contributed by atoms with van der Waals surface area (Å²) < 4.78 is 2.15. The van der Waals surface area contributed by atoms with Crippen molar-refractivity contribution >= 4 is 57.6 Å². The van der Waals surface area contributed by atoms with Crippen molar-refractivity contribution in [3.63, 3.8) is 0 Å². The van der Waals surface area contributed by atoms with Crippen LogP contribution in [0.5, 0.6) is 0 Å². The number of imidazole rings is 2. The standard InChI is InChI=1S/C30H28ClN7OS/c31-26-20(37-12-2-5-25(37)39)3-1-4-22(26)40-23-6-7-24-35-28(21-17-34-29(23)38(21)24)36-13-9-30(10-14-36)15-18-8-11-33-16-19(18)27(30)32/h1,3-4,6-8,11,16-17,27H,2,5,9-10,12-15,32H2. The van der Waals surface area contributed by atoms with Crippen molar-refractivity contribution in [3.05, 3.63) is 71.1 Å². The number of pyridine rings is 2. The molecule has 1 amide bonds. The first-order valence-corrected chi connectivity index (χ1v) is 15.0. The Hall–Kier alpha value is -3.40. The van der Waals surface area contributed by atoms with Crippen molar-refractivity contribution in [1.29, 1.82) is 0 Å². The Bertz CT molecular complexity index is 1780. The maximum absolute atomic E-state index is 12.3. The molecule has 8 nitrogen and oxygen atoms in total. The van der Waals surface area contributed by atoms with E-state index in [9.17, 15) is 4.79 Å². The van der Waals surface area contributed by atoms with E-state index in [0.29, 0.717) is 18.0 Å². The number of carbonyl (C=O) groups excluding carboxylic acids is 1. The molecule has 0 bridgehead atoms. The van der Waals surface area contributed by atoms with Crippen LogP contribution in [0.25, 0.3) is 16.8 Å². The predicted octanol–water partition coefficient (Wildman–Crippen LogP) is 5.49. The number of benzene rings is 1. The van der Waals surface area contributed by atoms with E-state index < -0.39 is 0 Å². The summed E-state index contributed by atoms with van der Waals surface area (Å²) >= 11 is 8.41. The maximum atomic E-state index is 12.3. The highest BCUT2D eigenvalue weighted by molar-refractivity contribution is 7.99. The van der Waals surface area contributed by atoms with Gasteiger partial charge in [0.05, 0.1) is 21.8 Å². The summed E-state index contributed by atoms with van der Waals surface area (Å²) in [5.41, 5.74) is 13.0. The lowest BCUT2D eigenvalue weighted by molar-refractivity contribution is -0.117. The van der Waals surface area contributed by atoms with Gasteiger partial charge < -0.3 is 15.5 Å². The Morgan fingerprint density at radius 1 is 1.05 bits per heavy atom. The molecule has 0 saturated carbocycles. The van der Waals surface area contributed by atoms with Crippen LogP contribution < -0.4 is 15.5 Å². The maximum Gasteiger partial charge on any atom is 0.227 e. The van der Waals surface area contributed by atoms with Gasteiger partial charge in [0.1, 0.15) is 11.2 Å². The number of fused-ring (bicyclic) bond motifs is 1. The van der Waals surface area contributed by atoms with Crippen molar-refractivity contribution in [1.82, 2.24) is 19.4 Å². The Labute approximate surface area is 240 Å². The zero-order chi connectivity index (χ0) is 27.0. The fourth-order valence-electron chi connectivity index (χ4n) is 6.94. The van der Waals surface area contributed by atoms with Crippen molar-refractivity contribution in [2.75, 3.05) is 29.4 Å². The van der Waals surface area contributed by atoms with E-state index in [4.69, 9.17) is 27.3 Å². The van der Waals surface area contributed by atoms with Crippen molar-refractivity contribution in [3.8, 4) is 0 Å². The first-order chi connectivity index (χ1) is 19.5. The van der Waals surface area contributed by atoms with E-state index in [1.165, 1.54) is 11.1 Å². The SMILES string of the molecule is NC1c2cnccc2CC12CCN(c1nc3ccc(Sc4cccc(N5CCCC5=O)c4Cl)c4ncc1n34)CC2. The summed E-state index contributed by atoms with van der Waals surface area (Å²) in [5.74, 6) is 1.11. The number of anilines is 2. The topological polar surface area (TPSA) is 92.6 Å². The van der Waals surface area contributed by atoms with Gasteiger partial charge in [-0.25, -0.2) is 9.97 Å². The van der Waals surface area contributed by atoms with E-state index in [-0.39, 0.29) is 17.4 Å². The summed E-state index contributed by atoms with van der Waals surface area (Å²) in [4.78, 5) is 32.6. The first-order valence-electron chi connectivity index (χ1n) is 13.8. The van der Waals surface area contributed by atoms with Crippen LogP contribution >= 0.6 is 23.4 Å². The van der Waals surface area contributed by atoms with Crippen molar-refractivity contribution in [2.45, 2.75) is 47.9 Å². The summed E-state index contributed by atoms with van der Waals surface area (Å²) in [7, 11) is 0. The molecule has 40 heavy (non-hydrogen) atoms. The number of nitrogens with zero attached hydrogens (tertiary/aromatic N) is 6. The highest BCUT2D eigenvalue weighted by Gasteiger charge is 2.46. The van der Waals surface area contributed by atoms with Gasteiger partial charge in [-0.2, -0.15) is 0 Å². The Kier molecular flexibility index (Phi) is 5.52. The molecule has 2 N–H and O–H groups in total. The zero-order valence-corrected chi connectivity index (χ0v) is 23.5. The largest absolute Gasteiger partial charge is 0.355 e. The molecule has 1 atom stereocenters. The van der Waals surface area contributed by atoms with Crippen LogP contribution in [0.2, 0.25) is 5.02 Å². The molecule has 1 unspecified atom stereocenters. The summed E-state index contributed by atoms with van der Waals surface area (Å²) in [6.07, 6.45) is 10.3. The normalized spacial score (nSPS) is 20.4. The summed E-state index contributed by atoms with van der Waals surface area (Å²) in [6, 6.07) is 12.2. The van der Waals surface area contributed by atoms with Gasteiger partial charge in [0.2, 0.25) is 5.91 Å². The monoisotopic (exact) mass is 569 g/mol. The third kappa shape index (κ3) is 3.57. The lowest BCUT2D eigenvalue weighted by atomic mass is 9.73. The van der Waals surface area contributed by atoms with E-state index >= 15 is 0 Å². The van der Waals surface area contributed by atoms with Gasteiger partial charge in [-0.15, -0.1) is 0 Å². The Morgan fingerprint density at radius 3 is 2.73 bits per heavy atom. The molecule has 1 aliphatic carbocycles. The van der Waals surface area contributed by atoms with Gasteiger partial charge >= 0.3 is 0 Å². The fourth-order valence-corrected chi connectivity index (χ4v) is 8.23. The van der Waals surface area contributed by atoms with Crippen molar-refractivity contribution < 1.29 is 4.79 Å². The highest BCUT2D eigenvalue weighted by Crippen LogP contribution is 2.51. The smallest absolute Gasteiger partial charge is 0.227 e. The highest BCUT2D eigenvalue weighted by atomic mass is 35.5. The van der Waals surface area contributed by atoms with Gasteiger partial charge in [0, 0.05) is 49.4 Å². The molecule has 2 aliphatic heterocycles. The quantitative estimate of drug-likeness (QED) is 0.306. The van der Waals surface area contributed by atoms with Gasteiger partial charge in [0.15, 0.2) is 11.5 Å². The lowest BCUT2D eigenvalue weighted by Crippen LogP contribution is -2.44. The molecule has 2 saturated heterocycles. The van der Waals surface area contributed by atoms with Crippen LogP contribution in [-0.4, -0.2) is 44.9 Å². The minimum atomic E-state index is 0.0382. The molecular weight excluding hydrogens is 542 g/mol. The first kappa shape index (κ1) is 24.4. The number of rotatable bonds is 4. The van der Waals surface area contributed by atoms with E-state index in [2.05, 4.69) is 32.5 Å². The molecule has 10 heteroatoms. The predicted molar refractivity (Wildman–Crippen MR) is 158 cm³/mol. The summed E-state index contributed by atoms with van der Waals surface area (Å²) in [5, 5.41) is 0.605. The second kappa shape index (κ2) is 9.06. The molecule has 0 radical (unpaired) electrons. The van der Waals surface area contributed by atoms with Crippen LogP contribution in [0, 0.1) is 5.41 Å². The van der Waals surface area contributed by atoms with Gasteiger partial charge in [-0.05, 0) is 72.6 Å². The third-order valence-corrected chi connectivity index (χ3v) is 10.7. The number of carbonyl (C=O) groups is 1. The van der Waals surface area contributed by atoms with Crippen LogP contribution in [0.15, 0.2) is 64.8 Å². The lowest BCUT2D eigenvalue weighted by Gasteiger charge is -2.42. The molecule has 8 rings (SSSR count). The molecule has 6 heterocycles. The van der Waals surface area contributed by atoms with E-state index in [1.807, 2.05) is 36.8 Å².